The molecular weight excluding hydrogens is 138 g/mol. The zero-order valence-electron chi connectivity index (χ0n) is 6.29. The second kappa shape index (κ2) is 2.64. The van der Waals surface area contributed by atoms with E-state index in [4.69, 9.17) is 0 Å². The lowest BCUT2D eigenvalue weighted by Gasteiger charge is -2.25. The molecule has 1 aromatic rings. The molecule has 1 aliphatic heterocycles. The molecule has 0 saturated carbocycles. The number of hydrogen-bond donors (Lipinski definition) is 1. The summed E-state index contributed by atoms with van der Waals surface area (Å²) in [6.45, 7) is 0. The van der Waals surface area contributed by atoms with Gasteiger partial charge in [-0.05, 0) is 18.9 Å². The molecule has 0 aliphatic carbocycles. The lowest BCUT2D eigenvalue weighted by atomic mass is 10.0. The number of quaternary nitrogens is 1. The van der Waals surface area contributed by atoms with E-state index in [0.29, 0.717) is 0 Å². The van der Waals surface area contributed by atoms with E-state index in [1.807, 2.05) is 23.5 Å². The van der Waals surface area contributed by atoms with Gasteiger partial charge in [-0.25, -0.2) is 0 Å². The molecule has 0 amide bonds. The van der Waals surface area contributed by atoms with Crippen LogP contribution in [0, 0.1) is 0 Å². The fourth-order valence-corrected chi connectivity index (χ4v) is 1.51. The number of rotatable bonds is 0. The van der Waals surface area contributed by atoms with Crippen molar-refractivity contribution in [3.05, 3.63) is 29.8 Å². The van der Waals surface area contributed by atoms with E-state index in [0.717, 1.165) is 18.5 Å². The van der Waals surface area contributed by atoms with Gasteiger partial charge in [-0.3, -0.25) is 0 Å². The molecule has 11 heavy (non-hydrogen) atoms. The molecule has 0 saturated heterocycles. The largest absolute Gasteiger partial charge is 0.806 e. The highest BCUT2D eigenvalue weighted by Crippen LogP contribution is 2.14. The van der Waals surface area contributed by atoms with Crippen LogP contribution in [0.4, 0.5) is 5.69 Å². The van der Waals surface area contributed by atoms with Gasteiger partial charge in [0, 0.05) is 11.8 Å². The summed E-state index contributed by atoms with van der Waals surface area (Å²) in [6.07, 6.45) is 1.22. The van der Waals surface area contributed by atoms with Crippen molar-refractivity contribution in [3.63, 3.8) is 0 Å². The van der Waals surface area contributed by atoms with E-state index in [9.17, 15) is 5.11 Å². The summed E-state index contributed by atoms with van der Waals surface area (Å²) < 4.78 is 0. The van der Waals surface area contributed by atoms with Gasteiger partial charge in [0.1, 0.15) is 5.69 Å². The second-order valence-electron chi connectivity index (χ2n) is 2.94. The highest BCUT2D eigenvalue weighted by atomic mass is 16.3. The predicted molar refractivity (Wildman–Crippen MR) is 40.1 cm³/mol. The molecule has 1 atom stereocenters. The average molecular weight is 149 g/mol. The normalized spacial score (nSPS) is 22.8. The first-order chi connectivity index (χ1) is 5.36. The van der Waals surface area contributed by atoms with Crippen molar-refractivity contribution in [1.29, 1.82) is 0 Å². The van der Waals surface area contributed by atoms with Gasteiger partial charge in [-0.2, -0.15) is 0 Å². The maximum atomic E-state index is 11.1. The third-order valence-corrected chi connectivity index (χ3v) is 2.12. The molecule has 0 aromatic heterocycles. The fraction of sp³-hybridized carbons (Fsp3) is 0.333. The van der Waals surface area contributed by atoms with Gasteiger partial charge in [0.2, 0.25) is 0 Å². The monoisotopic (exact) mass is 149 g/mol. The Balaban J connectivity index is 2.34. The Hall–Kier alpha value is -0.860. The van der Waals surface area contributed by atoms with E-state index < -0.39 is 6.23 Å². The molecule has 58 valence electrons. The quantitative estimate of drug-likeness (QED) is 0.497. The smallest absolute Gasteiger partial charge is 0.131 e. The molecule has 2 nitrogen and oxygen atoms in total. The maximum absolute atomic E-state index is 11.1. The SMILES string of the molecule is [O-]C1CCc2ccccc2[NH2+]1. The van der Waals surface area contributed by atoms with Gasteiger partial charge in [-0.1, -0.05) is 18.2 Å². The number of aryl methyl sites for hydroxylation is 1. The number of benzene rings is 1. The van der Waals surface area contributed by atoms with Crippen molar-refractivity contribution in [2.24, 2.45) is 0 Å². The van der Waals surface area contributed by atoms with Crippen molar-refractivity contribution in [2.75, 3.05) is 0 Å². The van der Waals surface area contributed by atoms with Crippen molar-refractivity contribution in [3.8, 4) is 0 Å². The number of nitrogens with two attached hydrogens (primary N) is 1. The van der Waals surface area contributed by atoms with Gasteiger partial charge in [-0.15, -0.1) is 0 Å². The zero-order chi connectivity index (χ0) is 7.68. The van der Waals surface area contributed by atoms with Crippen LogP contribution in [0.2, 0.25) is 0 Å². The summed E-state index contributed by atoms with van der Waals surface area (Å²) in [5.74, 6) is 0. The Bertz CT molecular complexity index is 259. The van der Waals surface area contributed by atoms with Crippen molar-refractivity contribution in [2.45, 2.75) is 19.1 Å². The summed E-state index contributed by atoms with van der Waals surface area (Å²) in [7, 11) is 0. The molecule has 2 heteroatoms. The fourth-order valence-electron chi connectivity index (χ4n) is 1.51. The van der Waals surface area contributed by atoms with Crippen LogP contribution in [0.15, 0.2) is 24.3 Å². The first-order valence-electron chi connectivity index (χ1n) is 3.95. The first kappa shape index (κ1) is 6.83. The minimum Gasteiger partial charge on any atom is -0.806 e. The molecule has 1 heterocycles. The summed E-state index contributed by atoms with van der Waals surface area (Å²) in [6, 6.07) is 8.11. The van der Waals surface area contributed by atoms with Crippen LogP contribution in [0.5, 0.6) is 0 Å². The molecule has 0 bridgehead atoms. The molecule has 2 rings (SSSR count). The Morgan fingerprint density at radius 3 is 3.09 bits per heavy atom. The van der Waals surface area contributed by atoms with Crippen molar-refractivity contribution >= 4 is 5.69 Å². The van der Waals surface area contributed by atoms with Crippen molar-refractivity contribution < 1.29 is 10.4 Å². The summed E-state index contributed by atoms with van der Waals surface area (Å²) in [4.78, 5) is 0. The Kier molecular flexibility index (Phi) is 1.64. The van der Waals surface area contributed by atoms with E-state index in [-0.39, 0.29) is 0 Å². The summed E-state index contributed by atoms with van der Waals surface area (Å²) >= 11 is 0. The Labute approximate surface area is 65.9 Å². The van der Waals surface area contributed by atoms with Gasteiger partial charge >= 0.3 is 0 Å². The second-order valence-corrected chi connectivity index (χ2v) is 2.94. The standard InChI is InChI=1S/C9H10NO/c11-9-6-5-7-3-1-2-4-8(7)10-9/h1-4,9-10H,5-6H2/q-1/p+1. The van der Waals surface area contributed by atoms with Crippen LogP contribution in [0.25, 0.3) is 0 Å². The van der Waals surface area contributed by atoms with E-state index in [1.54, 1.807) is 0 Å². The molecular formula is C9H11NO. The zero-order valence-corrected chi connectivity index (χ0v) is 6.29. The van der Waals surface area contributed by atoms with E-state index in [2.05, 4.69) is 6.07 Å². The van der Waals surface area contributed by atoms with Crippen molar-refractivity contribution in [1.82, 2.24) is 0 Å². The van der Waals surface area contributed by atoms with Gasteiger partial charge in [0.25, 0.3) is 0 Å². The minimum absolute atomic E-state index is 0.482. The Morgan fingerprint density at radius 1 is 1.36 bits per heavy atom. The topological polar surface area (TPSA) is 39.7 Å². The Morgan fingerprint density at radius 2 is 2.18 bits per heavy atom. The van der Waals surface area contributed by atoms with Gasteiger partial charge in [0.15, 0.2) is 0 Å². The maximum Gasteiger partial charge on any atom is 0.131 e. The average Bonchev–Trinajstić information content (AvgIpc) is 2.04. The van der Waals surface area contributed by atoms with Gasteiger partial charge in [0.05, 0.1) is 0 Å². The number of para-hydroxylation sites is 1. The third-order valence-electron chi connectivity index (χ3n) is 2.12. The molecule has 0 radical (unpaired) electrons. The summed E-state index contributed by atoms with van der Waals surface area (Å²) in [5.41, 5.74) is 2.46. The highest BCUT2D eigenvalue weighted by molar-refractivity contribution is 5.39. The lowest BCUT2D eigenvalue weighted by Crippen LogP contribution is -2.90. The number of fused-ring (bicyclic) bond motifs is 1. The molecule has 0 fully saturated rings. The lowest BCUT2D eigenvalue weighted by molar-refractivity contribution is -0.766. The van der Waals surface area contributed by atoms with Crippen LogP contribution in [-0.2, 0) is 6.42 Å². The van der Waals surface area contributed by atoms with Crippen LogP contribution in [-0.4, -0.2) is 6.23 Å². The summed E-state index contributed by atoms with van der Waals surface area (Å²) in [5, 5.41) is 12.9. The molecule has 1 unspecified atom stereocenters. The van der Waals surface area contributed by atoms with Gasteiger partial charge < -0.3 is 10.4 Å². The van der Waals surface area contributed by atoms with Crippen LogP contribution >= 0.6 is 0 Å². The van der Waals surface area contributed by atoms with E-state index in [1.165, 1.54) is 5.56 Å². The van der Waals surface area contributed by atoms with E-state index >= 15 is 0 Å². The molecule has 2 N–H and O–H groups in total. The first-order valence-corrected chi connectivity index (χ1v) is 3.95. The predicted octanol–water partition coefficient (Wildman–Crippen LogP) is -0.486. The molecule has 1 aliphatic rings. The molecule has 0 spiro atoms. The molecule has 1 aromatic carbocycles. The third kappa shape index (κ3) is 1.27. The number of hydrogen-bond acceptors (Lipinski definition) is 1. The van der Waals surface area contributed by atoms with Crippen LogP contribution < -0.4 is 10.4 Å². The van der Waals surface area contributed by atoms with Crippen LogP contribution in [0.3, 0.4) is 0 Å². The highest BCUT2D eigenvalue weighted by Gasteiger charge is 2.12. The minimum atomic E-state index is -0.482. The van der Waals surface area contributed by atoms with Crippen LogP contribution in [0.1, 0.15) is 12.0 Å².